The van der Waals surface area contributed by atoms with Crippen LogP contribution in [0.1, 0.15) is 16.8 Å². The molecule has 110 valence electrons. The fourth-order valence-corrected chi connectivity index (χ4v) is 0.945. The second-order valence-electron chi connectivity index (χ2n) is 3.39. The van der Waals surface area contributed by atoms with E-state index in [2.05, 4.69) is 0 Å². The molecule has 9 nitrogen and oxygen atoms in total. The number of phenolic OH excluding ortho intramolecular Hbond substituents is 1. The minimum absolute atomic E-state index is 0. The predicted octanol–water partition coefficient (Wildman–Crippen LogP) is -8.96. The summed E-state index contributed by atoms with van der Waals surface area (Å²) in [5.41, 5.74) is -0.301. The van der Waals surface area contributed by atoms with Crippen LogP contribution in [0.25, 0.3) is 0 Å². The second-order valence-corrected chi connectivity index (χ2v) is 3.39. The largest absolute Gasteiger partial charge is 1.00 e. The van der Waals surface area contributed by atoms with Crippen LogP contribution < -0.4 is 113 Å². The van der Waals surface area contributed by atoms with Gasteiger partial charge in [0.15, 0.2) is 11.5 Å². The minimum Gasteiger partial charge on any atom is -0.550 e. The number of carboxylic acid groups (broad SMARTS) is 3. The first-order valence-corrected chi connectivity index (χ1v) is 4.99. The topological polar surface area (TPSA) is 178 Å². The molecular formula is C11H10K2O9. The van der Waals surface area contributed by atoms with E-state index in [1.54, 1.807) is 0 Å². The monoisotopic (exact) mass is 364 g/mol. The van der Waals surface area contributed by atoms with E-state index in [1.807, 2.05) is 0 Å². The molecule has 1 rings (SSSR count). The summed E-state index contributed by atoms with van der Waals surface area (Å²) < 4.78 is 0. The van der Waals surface area contributed by atoms with Crippen LogP contribution in [0.2, 0.25) is 0 Å². The number of aliphatic hydroxyl groups excluding tert-OH is 1. The van der Waals surface area contributed by atoms with Crippen molar-refractivity contribution in [2.75, 3.05) is 0 Å². The first-order chi connectivity index (χ1) is 9.16. The fraction of sp³-hybridized carbons (Fsp3) is 0.182. The van der Waals surface area contributed by atoms with Gasteiger partial charge in [0.2, 0.25) is 0 Å². The standard InChI is InChI=1S/C7H6O4.C4H6O5.2K/c8-5-3-1-2-4(6(5)9)7(10)11;5-2(4(8)9)1-3(6)7;;/h1-3,8-9H,(H,10,11);2,5H,1H2,(H,6,7)(H,8,9);;/q;;2*+1/p-2. The SMILES string of the molecule is O=C(O)c1cccc(O)c1O.O=C([O-])CC(O)C(=O)[O-].[K+].[K+]. The third kappa shape index (κ3) is 11.1. The first-order valence-electron chi connectivity index (χ1n) is 4.99. The number of hydrogen-bond acceptors (Lipinski definition) is 8. The molecule has 0 bridgehead atoms. The summed E-state index contributed by atoms with van der Waals surface area (Å²) in [5, 5.41) is 53.5. The van der Waals surface area contributed by atoms with Crippen LogP contribution in [-0.4, -0.2) is 44.4 Å². The fourth-order valence-electron chi connectivity index (χ4n) is 0.945. The zero-order valence-electron chi connectivity index (χ0n) is 11.8. The van der Waals surface area contributed by atoms with Crippen LogP contribution in [0.5, 0.6) is 11.5 Å². The Labute approximate surface area is 209 Å². The van der Waals surface area contributed by atoms with Gasteiger partial charge in [-0.25, -0.2) is 4.79 Å². The van der Waals surface area contributed by atoms with Crippen LogP contribution in [0, 0.1) is 0 Å². The van der Waals surface area contributed by atoms with Crippen molar-refractivity contribution in [1.82, 2.24) is 0 Å². The molecule has 0 fully saturated rings. The number of aromatic carboxylic acids is 1. The smallest absolute Gasteiger partial charge is 0.550 e. The Morgan fingerprint density at radius 2 is 1.59 bits per heavy atom. The van der Waals surface area contributed by atoms with Crippen molar-refractivity contribution in [3.05, 3.63) is 23.8 Å². The Hall–Kier alpha value is 0.463. The number of hydrogen-bond donors (Lipinski definition) is 4. The molecule has 1 aromatic carbocycles. The van der Waals surface area contributed by atoms with E-state index < -0.39 is 41.9 Å². The minimum atomic E-state index is -1.96. The van der Waals surface area contributed by atoms with E-state index >= 15 is 0 Å². The summed E-state index contributed by atoms with van der Waals surface area (Å²) >= 11 is 0. The molecule has 0 amide bonds. The van der Waals surface area contributed by atoms with E-state index in [4.69, 9.17) is 20.4 Å². The number of carboxylic acids is 3. The van der Waals surface area contributed by atoms with E-state index in [-0.39, 0.29) is 108 Å². The van der Waals surface area contributed by atoms with Gasteiger partial charge in [-0.05, 0) is 12.1 Å². The number of benzene rings is 1. The Balaban J connectivity index is -0.000000307. The Kier molecular flexibility index (Phi) is 17.2. The Morgan fingerprint density at radius 1 is 1.09 bits per heavy atom. The predicted molar refractivity (Wildman–Crippen MR) is 57.4 cm³/mol. The third-order valence-corrected chi connectivity index (χ3v) is 1.88. The van der Waals surface area contributed by atoms with Crippen molar-refractivity contribution in [3.63, 3.8) is 0 Å². The summed E-state index contributed by atoms with van der Waals surface area (Å²) in [6, 6.07) is 3.76. The molecule has 0 spiro atoms. The molecule has 1 aromatic rings. The van der Waals surface area contributed by atoms with Gasteiger partial charge in [-0.15, -0.1) is 0 Å². The summed E-state index contributed by atoms with van der Waals surface area (Å²) in [4.78, 5) is 29.4. The van der Waals surface area contributed by atoms with Crippen molar-refractivity contribution < 1.29 is 148 Å². The van der Waals surface area contributed by atoms with Gasteiger partial charge in [0, 0.05) is 12.4 Å². The van der Waals surface area contributed by atoms with Gasteiger partial charge in [-0.3, -0.25) is 0 Å². The molecule has 11 heteroatoms. The second kappa shape index (κ2) is 13.9. The summed E-state index contributed by atoms with van der Waals surface area (Å²) in [6.07, 6.45) is -2.89. The zero-order chi connectivity index (χ0) is 15.9. The van der Waals surface area contributed by atoms with E-state index in [9.17, 15) is 24.6 Å². The molecule has 4 N–H and O–H groups in total. The summed E-state index contributed by atoms with van der Waals surface area (Å²) in [7, 11) is 0. The molecule has 0 saturated heterocycles. The van der Waals surface area contributed by atoms with Crippen molar-refractivity contribution in [1.29, 1.82) is 0 Å². The number of phenols is 2. The average Bonchev–Trinajstić information content (AvgIpc) is 2.32. The summed E-state index contributed by atoms with van der Waals surface area (Å²) in [5.74, 6) is -5.71. The van der Waals surface area contributed by atoms with Gasteiger partial charge in [-0.2, -0.15) is 0 Å². The van der Waals surface area contributed by atoms with Crippen molar-refractivity contribution >= 4 is 17.9 Å². The maximum absolute atomic E-state index is 10.3. The molecule has 1 unspecified atom stereocenters. The molecular weight excluding hydrogens is 354 g/mol. The van der Waals surface area contributed by atoms with E-state index in [0.29, 0.717) is 0 Å². The molecule has 0 aromatic heterocycles. The number of aliphatic hydroxyl groups is 1. The number of rotatable bonds is 4. The van der Waals surface area contributed by atoms with Crippen molar-refractivity contribution in [2.24, 2.45) is 0 Å². The normalized spacial score (nSPS) is 9.86. The number of para-hydroxylation sites is 1. The molecule has 0 aliphatic carbocycles. The molecule has 0 aliphatic heterocycles. The first kappa shape index (κ1) is 27.3. The van der Waals surface area contributed by atoms with Crippen molar-refractivity contribution in [2.45, 2.75) is 12.5 Å². The quantitative estimate of drug-likeness (QED) is 0.298. The van der Waals surface area contributed by atoms with Gasteiger partial charge in [0.25, 0.3) is 0 Å². The van der Waals surface area contributed by atoms with Crippen LogP contribution in [0.15, 0.2) is 18.2 Å². The molecule has 0 saturated carbocycles. The zero-order valence-corrected chi connectivity index (χ0v) is 18.1. The van der Waals surface area contributed by atoms with Gasteiger partial charge in [0.05, 0.1) is 12.1 Å². The van der Waals surface area contributed by atoms with Gasteiger partial charge in [0.1, 0.15) is 5.56 Å². The summed E-state index contributed by atoms with van der Waals surface area (Å²) in [6.45, 7) is 0. The van der Waals surface area contributed by atoms with Crippen LogP contribution >= 0.6 is 0 Å². The molecule has 22 heavy (non-hydrogen) atoms. The van der Waals surface area contributed by atoms with Crippen LogP contribution in [0.4, 0.5) is 0 Å². The molecule has 1 atom stereocenters. The third-order valence-electron chi connectivity index (χ3n) is 1.88. The number of carbonyl (C=O) groups is 3. The average molecular weight is 364 g/mol. The number of aromatic hydroxyl groups is 2. The Bertz CT molecular complexity index is 518. The Morgan fingerprint density at radius 3 is 1.86 bits per heavy atom. The molecule has 0 heterocycles. The van der Waals surface area contributed by atoms with Gasteiger partial charge in [-0.1, -0.05) is 6.07 Å². The van der Waals surface area contributed by atoms with E-state index in [0.717, 1.165) is 0 Å². The number of carbonyl (C=O) groups excluding carboxylic acids is 2. The van der Waals surface area contributed by atoms with Gasteiger partial charge >= 0.3 is 109 Å². The van der Waals surface area contributed by atoms with Crippen molar-refractivity contribution in [3.8, 4) is 11.5 Å². The maximum atomic E-state index is 10.3. The molecule has 0 radical (unpaired) electrons. The van der Waals surface area contributed by atoms with Gasteiger partial charge < -0.3 is 40.2 Å². The number of aliphatic carboxylic acids is 2. The molecule has 0 aliphatic rings. The van der Waals surface area contributed by atoms with E-state index in [1.165, 1.54) is 18.2 Å². The van der Waals surface area contributed by atoms with Crippen LogP contribution in [0.3, 0.4) is 0 Å². The maximum Gasteiger partial charge on any atom is 1.00 e. The van der Waals surface area contributed by atoms with Crippen LogP contribution in [-0.2, 0) is 9.59 Å².